The molecule has 0 aliphatic heterocycles. The summed E-state index contributed by atoms with van der Waals surface area (Å²) in [6.07, 6.45) is 4.71. The van der Waals surface area contributed by atoms with Crippen LogP contribution < -0.4 is 5.43 Å². The van der Waals surface area contributed by atoms with E-state index in [9.17, 15) is 9.59 Å². The molecule has 1 aliphatic carbocycles. The molecule has 116 valence electrons. The van der Waals surface area contributed by atoms with Gasteiger partial charge in [0.2, 0.25) is 11.3 Å². The van der Waals surface area contributed by atoms with Gasteiger partial charge in [-0.3, -0.25) is 14.3 Å². The van der Waals surface area contributed by atoms with E-state index in [1.54, 1.807) is 10.7 Å². The Morgan fingerprint density at radius 3 is 2.86 bits per heavy atom. The molecule has 0 radical (unpaired) electrons. The lowest BCUT2D eigenvalue weighted by Gasteiger charge is -2.22. The first-order valence-corrected chi connectivity index (χ1v) is 7.91. The molecule has 1 saturated carbocycles. The fourth-order valence-corrected chi connectivity index (χ4v) is 2.71. The van der Waals surface area contributed by atoms with E-state index in [1.165, 1.54) is 19.0 Å². The van der Waals surface area contributed by atoms with Crippen LogP contribution in [0, 0.1) is 5.92 Å². The van der Waals surface area contributed by atoms with Gasteiger partial charge in [0.1, 0.15) is 6.54 Å². The summed E-state index contributed by atoms with van der Waals surface area (Å²) >= 11 is 0. The second-order valence-electron chi connectivity index (χ2n) is 5.97. The topological polar surface area (TPSA) is 55.2 Å². The van der Waals surface area contributed by atoms with Gasteiger partial charge in [0.15, 0.2) is 0 Å². The Bertz CT molecular complexity index is 734. The molecule has 1 aliphatic rings. The first kappa shape index (κ1) is 14.8. The van der Waals surface area contributed by atoms with Gasteiger partial charge >= 0.3 is 0 Å². The van der Waals surface area contributed by atoms with Crippen LogP contribution >= 0.6 is 0 Å². The molecule has 5 heteroatoms. The number of hydrogen-bond acceptors (Lipinski definition) is 3. The summed E-state index contributed by atoms with van der Waals surface area (Å²) in [6, 6.07) is 7.29. The van der Waals surface area contributed by atoms with Gasteiger partial charge < -0.3 is 4.90 Å². The largest absolute Gasteiger partial charge is 0.341 e. The van der Waals surface area contributed by atoms with Crippen LogP contribution in [0.2, 0.25) is 0 Å². The molecule has 5 nitrogen and oxygen atoms in total. The van der Waals surface area contributed by atoms with Crippen molar-refractivity contribution in [3.63, 3.8) is 0 Å². The summed E-state index contributed by atoms with van der Waals surface area (Å²) in [5.41, 5.74) is 0.605. The third kappa shape index (κ3) is 3.18. The zero-order valence-corrected chi connectivity index (χ0v) is 12.9. The zero-order chi connectivity index (χ0) is 15.5. The number of rotatable bonds is 6. The van der Waals surface area contributed by atoms with Crippen molar-refractivity contribution in [3.8, 4) is 0 Å². The molecular formula is C17H21N3O2. The highest BCUT2D eigenvalue weighted by Crippen LogP contribution is 2.29. The lowest BCUT2D eigenvalue weighted by molar-refractivity contribution is -0.132. The van der Waals surface area contributed by atoms with Gasteiger partial charge in [-0.1, -0.05) is 19.1 Å². The number of para-hydroxylation sites is 1. The molecule has 3 rings (SSSR count). The van der Waals surface area contributed by atoms with Gasteiger partial charge in [-0.25, -0.2) is 0 Å². The lowest BCUT2D eigenvalue weighted by Crippen LogP contribution is -2.36. The molecule has 0 unspecified atom stereocenters. The fourth-order valence-electron chi connectivity index (χ4n) is 2.71. The van der Waals surface area contributed by atoms with E-state index < -0.39 is 0 Å². The highest BCUT2D eigenvalue weighted by atomic mass is 16.2. The second-order valence-corrected chi connectivity index (χ2v) is 5.97. The minimum absolute atomic E-state index is 0.0788. The van der Waals surface area contributed by atoms with E-state index in [4.69, 9.17) is 0 Å². The first-order chi connectivity index (χ1) is 10.7. The molecule has 0 spiro atoms. The summed E-state index contributed by atoms with van der Waals surface area (Å²) in [4.78, 5) is 26.4. The standard InChI is InChI=1S/C17H21N3O2/c1-2-9-19(11-13-7-8-13)17(22)12-20-15-6-4-3-5-14(15)16(21)10-18-20/h3-6,10,13H,2,7-9,11-12H2,1H3. The SMILES string of the molecule is CCCN(CC1CC1)C(=O)Cn1ncc(=O)c2ccccc21. The molecule has 0 atom stereocenters. The van der Waals surface area contributed by atoms with Crippen molar-refractivity contribution in [1.82, 2.24) is 14.7 Å². The average Bonchev–Trinajstić information content (AvgIpc) is 3.34. The summed E-state index contributed by atoms with van der Waals surface area (Å²) in [6.45, 7) is 3.91. The molecule has 1 fully saturated rings. The van der Waals surface area contributed by atoms with E-state index in [1.807, 2.05) is 23.1 Å². The monoisotopic (exact) mass is 299 g/mol. The normalized spacial score (nSPS) is 14.2. The van der Waals surface area contributed by atoms with Crippen molar-refractivity contribution in [2.75, 3.05) is 13.1 Å². The maximum Gasteiger partial charge on any atom is 0.244 e. The van der Waals surface area contributed by atoms with Crippen LogP contribution in [0.25, 0.3) is 10.9 Å². The Morgan fingerprint density at radius 1 is 1.36 bits per heavy atom. The van der Waals surface area contributed by atoms with E-state index in [2.05, 4.69) is 12.0 Å². The summed E-state index contributed by atoms with van der Waals surface area (Å²) in [5, 5.41) is 4.75. The number of aromatic nitrogens is 2. The van der Waals surface area contributed by atoms with Crippen LogP contribution in [0.15, 0.2) is 35.3 Å². The van der Waals surface area contributed by atoms with Gasteiger partial charge in [-0.2, -0.15) is 5.10 Å². The van der Waals surface area contributed by atoms with Gasteiger partial charge in [0.25, 0.3) is 0 Å². The fraction of sp³-hybridized carbons (Fsp3) is 0.471. The second kappa shape index (κ2) is 6.30. The van der Waals surface area contributed by atoms with Crippen LogP contribution in [-0.2, 0) is 11.3 Å². The molecule has 1 amide bonds. The number of carbonyl (C=O) groups is 1. The minimum atomic E-state index is -0.109. The maximum absolute atomic E-state index is 12.6. The average molecular weight is 299 g/mol. The zero-order valence-electron chi connectivity index (χ0n) is 12.9. The van der Waals surface area contributed by atoms with Gasteiger partial charge in [-0.15, -0.1) is 0 Å². The predicted molar refractivity (Wildman–Crippen MR) is 85.6 cm³/mol. The molecule has 0 bridgehead atoms. The quantitative estimate of drug-likeness (QED) is 0.820. The van der Waals surface area contributed by atoms with E-state index in [-0.39, 0.29) is 17.9 Å². The van der Waals surface area contributed by atoms with Gasteiger partial charge in [0, 0.05) is 18.5 Å². The summed E-state index contributed by atoms with van der Waals surface area (Å²) in [7, 11) is 0. The van der Waals surface area contributed by atoms with Crippen molar-refractivity contribution >= 4 is 16.8 Å². The van der Waals surface area contributed by atoms with Crippen LogP contribution in [-0.4, -0.2) is 33.7 Å². The van der Waals surface area contributed by atoms with Crippen molar-refractivity contribution in [2.45, 2.75) is 32.7 Å². The molecule has 0 saturated heterocycles. The van der Waals surface area contributed by atoms with E-state index >= 15 is 0 Å². The third-order valence-corrected chi connectivity index (χ3v) is 4.07. The lowest BCUT2D eigenvalue weighted by atomic mass is 10.2. The van der Waals surface area contributed by atoms with E-state index in [0.717, 1.165) is 19.5 Å². The predicted octanol–water partition coefficient (Wildman–Crippen LogP) is 2.05. The van der Waals surface area contributed by atoms with Crippen LogP contribution in [0.3, 0.4) is 0 Å². The Balaban J connectivity index is 1.83. The number of amides is 1. The molecule has 0 N–H and O–H groups in total. The number of nitrogens with zero attached hydrogens (tertiary/aromatic N) is 3. The summed E-state index contributed by atoms with van der Waals surface area (Å²) < 4.78 is 1.63. The molecule has 1 aromatic heterocycles. The van der Waals surface area contributed by atoms with Crippen molar-refractivity contribution in [2.24, 2.45) is 5.92 Å². The van der Waals surface area contributed by atoms with Crippen LogP contribution in [0.1, 0.15) is 26.2 Å². The molecular weight excluding hydrogens is 278 g/mol. The number of fused-ring (bicyclic) bond motifs is 1. The number of carbonyl (C=O) groups excluding carboxylic acids is 1. The highest BCUT2D eigenvalue weighted by molar-refractivity contribution is 5.81. The minimum Gasteiger partial charge on any atom is -0.341 e. The molecule has 1 aromatic carbocycles. The Kier molecular flexibility index (Phi) is 4.22. The number of hydrogen-bond donors (Lipinski definition) is 0. The van der Waals surface area contributed by atoms with Gasteiger partial charge in [-0.05, 0) is 37.3 Å². The maximum atomic E-state index is 12.6. The van der Waals surface area contributed by atoms with E-state index in [0.29, 0.717) is 16.8 Å². The van der Waals surface area contributed by atoms with Crippen LogP contribution in [0.5, 0.6) is 0 Å². The summed E-state index contributed by atoms with van der Waals surface area (Å²) in [5.74, 6) is 0.754. The molecule has 2 aromatic rings. The Labute approximate surface area is 129 Å². The van der Waals surface area contributed by atoms with Crippen molar-refractivity contribution < 1.29 is 4.79 Å². The van der Waals surface area contributed by atoms with Gasteiger partial charge in [0.05, 0.1) is 11.7 Å². The smallest absolute Gasteiger partial charge is 0.244 e. The van der Waals surface area contributed by atoms with Crippen LogP contribution in [0.4, 0.5) is 0 Å². The third-order valence-electron chi connectivity index (χ3n) is 4.07. The first-order valence-electron chi connectivity index (χ1n) is 7.91. The van der Waals surface area contributed by atoms with Crippen molar-refractivity contribution in [3.05, 3.63) is 40.7 Å². The molecule has 1 heterocycles. The molecule has 22 heavy (non-hydrogen) atoms. The highest BCUT2D eigenvalue weighted by Gasteiger charge is 2.26. The Hall–Kier alpha value is -2.17. The van der Waals surface area contributed by atoms with Crippen molar-refractivity contribution in [1.29, 1.82) is 0 Å². The Morgan fingerprint density at radius 2 is 2.14 bits per heavy atom. The number of benzene rings is 1.